The van der Waals surface area contributed by atoms with E-state index in [4.69, 9.17) is 26.8 Å². The van der Waals surface area contributed by atoms with Gasteiger partial charge < -0.3 is 20.5 Å². The number of benzene rings is 1. The van der Waals surface area contributed by atoms with Crippen molar-refractivity contribution >= 4 is 17.5 Å². The molecule has 0 spiro atoms. The van der Waals surface area contributed by atoms with E-state index in [9.17, 15) is 4.79 Å². The van der Waals surface area contributed by atoms with Crippen LogP contribution in [0.4, 0.5) is 0 Å². The van der Waals surface area contributed by atoms with Gasteiger partial charge in [-0.05, 0) is 30.7 Å². The first-order valence-corrected chi connectivity index (χ1v) is 6.11. The van der Waals surface area contributed by atoms with Crippen molar-refractivity contribution in [2.45, 2.75) is 19.4 Å². The highest BCUT2D eigenvalue weighted by Gasteiger charge is 2.17. The zero-order valence-electron chi connectivity index (χ0n) is 9.87. The smallest absolute Gasteiger partial charge is 0.231 e. The average Bonchev–Trinajstić information content (AvgIpc) is 2.77. The number of rotatable bonds is 6. The summed E-state index contributed by atoms with van der Waals surface area (Å²) in [6.45, 7) is 1.61. The highest BCUT2D eigenvalue weighted by molar-refractivity contribution is 6.32. The Labute approximate surface area is 110 Å². The molecule has 0 aliphatic carbocycles. The number of halogens is 1. The van der Waals surface area contributed by atoms with Gasteiger partial charge in [0.1, 0.15) is 0 Å². The van der Waals surface area contributed by atoms with E-state index in [1.165, 1.54) is 0 Å². The lowest BCUT2D eigenvalue weighted by molar-refractivity contribution is -0.118. The third-order valence-corrected chi connectivity index (χ3v) is 2.87. The van der Waals surface area contributed by atoms with E-state index in [1.807, 2.05) is 12.1 Å². The van der Waals surface area contributed by atoms with Crippen molar-refractivity contribution < 1.29 is 14.3 Å². The summed E-state index contributed by atoms with van der Waals surface area (Å²) in [5, 5.41) is 3.77. The molecular formula is C12H15ClN2O3. The number of nitrogens with one attached hydrogen (secondary N) is 1. The highest BCUT2D eigenvalue weighted by atomic mass is 35.5. The van der Waals surface area contributed by atoms with E-state index in [-0.39, 0.29) is 12.7 Å². The topological polar surface area (TPSA) is 73.6 Å². The Morgan fingerprint density at radius 2 is 2.28 bits per heavy atom. The monoisotopic (exact) mass is 270 g/mol. The summed E-state index contributed by atoms with van der Waals surface area (Å²) < 4.78 is 10.5. The van der Waals surface area contributed by atoms with E-state index < -0.39 is 0 Å². The zero-order valence-corrected chi connectivity index (χ0v) is 10.6. The van der Waals surface area contributed by atoms with E-state index >= 15 is 0 Å². The maximum Gasteiger partial charge on any atom is 0.231 e. The molecule has 0 radical (unpaired) electrons. The third-order valence-electron chi connectivity index (χ3n) is 2.59. The first kappa shape index (κ1) is 13.0. The molecule has 0 saturated carbocycles. The maximum absolute atomic E-state index is 10.6. The molecule has 0 saturated heterocycles. The number of carbonyl (C=O) groups excluding carboxylic acids is 1. The van der Waals surface area contributed by atoms with Crippen LogP contribution < -0.4 is 20.5 Å². The normalized spacial score (nSPS) is 12.7. The molecule has 98 valence electrons. The fraction of sp³-hybridized carbons (Fsp3) is 0.417. The van der Waals surface area contributed by atoms with Crippen LogP contribution in [0.15, 0.2) is 12.1 Å². The van der Waals surface area contributed by atoms with Crippen molar-refractivity contribution in [2.24, 2.45) is 5.73 Å². The molecule has 3 N–H and O–H groups in total. The molecule has 0 aromatic heterocycles. The highest BCUT2D eigenvalue weighted by Crippen LogP contribution is 2.39. The first-order chi connectivity index (χ1) is 8.66. The second-order valence-corrected chi connectivity index (χ2v) is 4.47. The van der Waals surface area contributed by atoms with Crippen LogP contribution in [0.3, 0.4) is 0 Å². The molecule has 1 aliphatic rings. The van der Waals surface area contributed by atoms with Gasteiger partial charge in [-0.15, -0.1) is 0 Å². The molecule has 6 heteroatoms. The fourth-order valence-electron chi connectivity index (χ4n) is 1.74. The standard InChI is InChI=1S/C12H15ClN2O3/c13-9-4-8(5-10-12(9)18-7-17-10)6-15-3-1-2-11(14)16/h4-5,15H,1-3,6-7H2,(H2,14,16). The average molecular weight is 271 g/mol. The van der Waals surface area contributed by atoms with Gasteiger partial charge in [-0.1, -0.05) is 11.6 Å². The van der Waals surface area contributed by atoms with Crippen LogP contribution in [0.25, 0.3) is 0 Å². The SMILES string of the molecule is NC(=O)CCCNCc1cc(Cl)c2c(c1)OCO2. The van der Waals surface area contributed by atoms with Crippen LogP contribution in [-0.2, 0) is 11.3 Å². The second-order valence-electron chi connectivity index (χ2n) is 4.06. The minimum Gasteiger partial charge on any atom is -0.454 e. The molecule has 2 rings (SSSR count). The van der Waals surface area contributed by atoms with E-state index in [2.05, 4.69) is 5.32 Å². The molecule has 1 heterocycles. The Hall–Kier alpha value is -1.46. The quantitative estimate of drug-likeness (QED) is 0.767. The van der Waals surface area contributed by atoms with Crippen molar-refractivity contribution in [1.29, 1.82) is 0 Å². The molecule has 0 bridgehead atoms. The van der Waals surface area contributed by atoms with Gasteiger partial charge in [0.2, 0.25) is 12.7 Å². The van der Waals surface area contributed by atoms with Crippen LogP contribution in [-0.4, -0.2) is 19.2 Å². The minimum atomic E-state index is -0.275. The Morgan fingerprint density at radius 3 is 3.06 bits per heavy atom. The molecule has 18 heavy (non-hydrogen) atoms. The van der Waals surface area contributed by atoms with Gasteiger partial charge >= 0.3 is 0 Å². The second kappa shape index (κ2) is 5.93. The lowest BCUT2D eigenvalue weighted by atomic mass is 10.2. The molecule has 1 amide bonds. The van der Waals surface area contributed by atoms with Crippen molar-refractivity contribution in [1.82, 2.24) is 5.32 Å². The molecular weight excluding hydrogens is 256 g/mol. The van der Waals surface area contributed by atoms with E-state index in [1.54, 1.807) is 0 Å². The number of hydrogen-bond acceptors (Lipinski definition) is 4. The number of fused-ring (bicyclic) bond motifs is 1. The Morgan fingerprint density at radius 1 is 1.44 bits per heavy atom. The predicted molar refractivity (Wildman–Crippen MR) is 67.7 cm³/mol. The van der Waals surface area contributed by atoms with Crippen molar-refractivity contribution in [3.05, 3.63) is 22.7 Å². The lowest BCUT2D eigenvalue weighted by Crippen LogP contribution is -2.18. The third kappa shape index (κ3) is 3.27. The fourth-order valence-corrected chi connectivity index (χ4v) is 2.03. The van der Waals surface area contributed by atoms with Crippen LogP contribution in [0, 0.1) is 0 Å². The number of amides is 1. The van der Waals surface area contributed by atoms with Gasteiger partial charge in [0.15, 0.2) is 11.5 Å². The Kier molecular flexibility index (Phi) is 4.28. The molecule has 0 atom stereocenters. The summed E-state index contributed by atoms with van der Waals surface area (Å²) in [4.78, 5) is 10.6. The number of primary amides is 1. The van der Waals surface area contributed by atoms with Crippen LogP contribution in [0.2, 0.25) is 5.02 Å². The van der Waals surface area contributed by atoms with Gasteiger partial charge in [0.05, 0.1) is 5.02 Å². The molecule has 1 aliphatic heterocycles. The van der Waals surface area contributed by atoms with E-state index in [0.29, 0.717) is 29.5 Å². The summed E-state index contributed by atoms with van der Waals surface area (Å²) in [5.41, 5.74) is 6.07. The molecule has 1 aromatic rings. The van der Waals surface area contributed by atoms with Gasteiger partial charge in [-0.25, -0.2) is 0 Å². The Balaban J connectivity index is 1.83. The summed E-state index contributed by atoms with van der Waals surface area (Å²) in [7, 11) is 0. The number of nitrogens with two attached hydrogens (primary N) is 1. The van der Waals surface area contributed by atoms with Gasteiger partial charge in [0, 0.05) is 13.0 Å². The first-order valence-electron chi connectivity index (χ1n) is 5.74. The maximum atomic E-state index is 10.6. The van der Waals surface area contributed by atoms with Gasteiger partial charge in [0.25, 0.3) is 0 Å². The van der Waals surface area contributed by atoms with Crippen LogP contribution >= 0.6 is 11.6 Å². The summed E-state index contributed by atoms with van der Waals surface area (Å²) in [6.07, 6.45) is 1.13. The summed E-state index contributed by atoms with van der Waals surface area (Å²) >= 11 is 6.06. The molecule has 1 aromatic carbocycles. The van der Waals surface area contributed by atoms with Crippen molar-refractivity contribution in [3.63, 3.8) is 0 Å². The number of hydrogen-bond donors (Lipinski definition) is 2. The van der Waals surface area contributed by atoms with E-state index in [0.717, 1.165) is 18.5 Å². The zero-order chi connectivity index (χ0) is 13.0. The largest absolute Gasteiger partial charge is 0.454 e. The predicted octanol–water partition coefficient (Wildman–Crippen LogP) is 1.42. The Bertz CT molecular complexity index is 451. The number of ether oxygens (including phenoxy) is 2. The van der Waals surface area contributed by atoms with Crippen molar-refractivity contribution in [3.8, 4) is 11.5 Å². The van der Waals surface area contributed by atoms with Crippen LogP contribution in [0.1, 0.15) is 18.4 Å². The van der Waals surface area contributed by atoms with Crippen LogP contribution in [0.5, 0.6) is 11.5 Å². The number of carbonyl (C=O) groups is 1. The summed E-state index contributed by atoms with van der Waals surface area (Å²) in [5.74, 6) is 1.01. The van der Waals surface area contributed by atoms with Gasteiger partial charge in [-0.2, -0.15) is 0 Å². The molecule has 0 fully saturated rings. The van der Waals surface area contributed by atoms with Gasteiger partial charge in [-0.3, -0.25) is 4.79 Å². The molecule has 5 nitrogen and oxygen atoms in total. The minimum absolute atomic E-state index is 0.213. The van der Waals surface area contributed by atoms with Crippen molar-refractivity contribution in [2.75, 3.05) is 13.3 Å². The molecule has 0 unspecified atom stereocenters. The summed E-state index contributed by atoms with van der Waals surface area (Å²) in [6, 6.07) is 3.74. The lowest BCUT2D eigenvalue weighted by Gasteiger charge is -2.06.